The summed E-state index contributed by atoms with van der Waals surface area (Å²) in [7, 11) is 1.62. The van der Waals surface area contributed by atoms with Crippen LogP contribution in [0.4, 0.5) is 11.4 Å². The maximum atomic E-state index is 11.3. The number of nitrogens with one attached hydrogen (secondary N) is 3. The molecule has 0 fully saturated rings. The van der Waals surface area contributed by atoms with Gasteiger partial charge in [0.2, 0.25) is 0 Å². The van der Waals surface area contributed by atoms with Gasteiger partial charge in [0.15, 0.2) is 0 Å². The summed E-state index contributed by atoms with van der Waals surface area (Å²) in [4.78, 5) is 15.5. The molecule has 0 unspecified atom stereocenters. The van der Waals surface area contributed by atoms with Gasteiger partial charge in [-0.1, -0.05) is 15.9 Å². The van der Waals surface area contributed by atoms with Gasteiger partial charge < -0.3 is 22.2 Å². The number of hydrogen-bond acceptors (Lipinski definition) is 6. The molecule has 0 bridgehead atoms. The van der Waals surface area contributed by atoms with Crippen LogP contribution >= 0.6 is 15.9 Å². The highest BCUT2D eigenvalue weighted by atomic mass is 79.9. The fraction of sp³-hybridized carbons (Fsp3) is 0.0769. The average Bonchev–Trinajstić information content (AvgIpc) is 2.44. The van der Waals surface area contributed by atoms with Gasteiger partial charge >= 0.3 is 0 Å². The summed E-state index contributed by atoms with van der Waals surface area (Å²) < 4.78 is 0.743. The van der Waals surface area contributed by atoms with Crippen molar-refractivity contribution in [3.63, 3.8) is 0 Å². The lowest BCUT2D eigenvalue weighted by molar-refractivity contribution is -0.114. The molecule has 22 heavy (non-hydrogen) atoms. The maximum absolute atomic E-state index is 11.3. The van der Waals surface area contributed by atoms with Crippen molar-refractivity contribution in [2.24, 2.45) is 21.6 Å². The Hall–Kier alpha value is -2.68. The standard InChI is InChI=1S/C13H16BrN7O/c1-18-7-11(13(17)22)12(16)20-9-4-8(14)5-10(6-9)21-19-3-2-15/h2-7,15,18,21H,1H3,(H2,16,20)(H2,17,22)/b11-7+,15-2?,19-3-. The molecule has 8 nitrogen and oxygen atoms in total. The van der Waals surface area contributed by atoms with Crippen molar-refractivity contribution < 1.29 is 4.79 Å². The van der Waals surface area contributed by atoms with Gasteiger partial charge in [0, 0.05) is 23.9 Å². The number of hydrogen-bond donors (Lipinski definition) is 5. The molecule has 0 saturated heterocycles. The molecule has 0 radical (unpaired) electrons. The average molecular weight is 366 g/mol. The first kappa shape index (κ1) is 17.4. The number of nitrogens with two attached hydrogens (primary N) is 2. The van der Waals surface area contributed by atoms with Crippen LogP contribution in [0.2, 0.25) is 0 Å². The van der Waals surface area contributed by atoms with Gasteiger partial charge in [-0.2, -0.15) is 5.10 Å². The first-order chi connectivity index (χ1) is 10.5. The summed E-state index contributed by atoms with van der Waals surface area (Å²) in [6.45, 7) is 0. The van der Waals surface area contributed by atoms with E-state index in [0.29, 0.717) is 11.4 Å². The van der Waals surface area contributed by atoms with Crippen molar-refractivity contribution in [3.05, 3.63) is 34.4 Å². The second-order valence-electron chi connectivity index (χ2n) is 3.96. The van der Waals surface area contributed by atoms with Crippen LogP contribution < -0.4 is 22.2 Å². The lowest BCUT2D eigenvalue weighted by atomic mass is 10.2. The van der Waals surface area contributed by atoms with Crippen LogP contribution in [0.15, 0.2) is 44.5 Å². The molecule has 0 spiro atoms. The quantitative estimate of drug-likeness (QED) is 0.213. The van der Waals surface area contributed by atoms with Gasteiger partial charge in [0.1, 0.15) is 5.84 Å². The Kier molecular flexibility index (Phi) is 6.77. The first-order valence-electron chi connectivity index (χ1n) is 6.08. The largest absolute Gasteiger partial charge is 0.393 e. The van der Waals surface area contributed by atoms with Crippen LogP contribution in [0.3, 0.4) is 0 Å². The van der Waals surface area contributed by atoms with E-state index in [4.69, 9.17) is 16.9 Å². The van der Waals surface area contributed by atoms with E-state index in [1.807, 2.05) is 0 Å². The molecule has 116 valence electrons. The molecule has 0 aliphatic heterocycles. The van der Waals surface area contributed by atoms with Gasteiger partial charge in [-0.15, -0.1) is 0 Å². The molecular formula is C13H16BrN7O. The molecule has 1 aromatic rings. The Morgan fingerprint density at radius 2 is 2.09 bits per heavy atom. The highest BCUT2D eigenvalue weighted by molar-refractivity contribution is 9.10. The number of halogens is 1. The Balaban J connectivity index is 3.12. The molecule has 7 N–H and O–H groups in total. The Labute approximate surface area is 136 Å². The summed E-state index contributed by atoms with van der Waals surface area (Å²) in [5.41, 5.74) is 15.0. The minimum Gasteiger partial charge on any atom is -0.393 e. The number of benzene rings is 1. The topological polar surface area (TPSA) is 142 Å². The number of amides is 1. The van der Waals surface area contributed by atoms with E-state index in [1.54, 1.807) is 25.2 Å². The molecular weight excluding hydrogens is 350 g/mol. The van der Waals surface area contributed by atoms with Crippen LogP contribution in [0.5, 0.6) is 0 Å². The predicted molar refractivity (Wildman–Crippen MR) is 92.7 cm³/mol. The molecule has 0 aliphatic rings. The molecule has 1 aromatic carbocycles. The summed E-state index contributed by atoms with van der Waals surface area (Å²) in [6.07, 6.45) is 3.72. The van der Waals surface area contributed by atoms with E-state index >= 15 is 0 Å². The van der Waals surface area contributed by atoms with Crippen molar-refractivity contribution in [2.75, 3.05) is 12.5 Å². The van der Waals surface area contributed by atoms with E-state index in [9.17, 15) is 4.79 Å². The van der Waals surface area contributed by atoms with Gasteiger partial charge in [0.05, 0.1) is 23.2 Å². The molecule has 1 amide bonds. The number of rotatable bonds is 7. The third-order valence-electron chi connectivity index (χ3n) is 2.30. The summed E-state index contributed by atoms with van der Waals surface area (Å²) in [5.74, 6) is -0.687. The van der Waals surface area contributed by atoms with E-state index in [-0.39, 0.29) is 11.4 Å². The van der Waals surface area contributed by atoms with Crippen molar-refractivity contribution in [2.45, 2.75) is 0 Å². The van der Waals surface area contributed by atoms with Gasteiger partial charge in [-0.05, 0) is 18.2 Å². The highest BCUT2D eigenvalue weighted by Gasteiger charge is 2.10. The second-order valence-corrected chi connectivity index (χ2v) is 4.88. The monoisotopic (exact) mass is 365 g/mol. The lowest BCUT2D eigenvalue weighted by Gasteiger charge is -2.06. The molecule has 0 saturated carbocycles. The van der Waals surface area contributed by atoms with E-state index in [0.717, 1.165) is 10.7 Å². The van der Waals surface area contributed by atoms with Crippen molar-refractivity contribution in [3.8, 4) is 0 Å². The Bertz CT molecular complexity index is 652. The fourth-order valence-corrected chi connectivity index (χ4v) is 1.95. The SMILES string of the molecule is CN/C=C(/C(N)=O)C(N)=Nc1cc(Br)cc(N/N=C\C=N)c1. The van der Waals surface area contributed by atoms with Crippen LogP contribution in [0.25, 0.3) is 0 Å². The minimum atomic E-state index is -0.681. The van der Waals surface area contributed by atoms with Gasteiger partial charge in [0.25, 0.3) is 5.91 Å². The summed E-state index contributed by atoms with van der Waals surface area (Å²) in [6, 6.07) is 5.17. The number of primary amides is 1. The number of hydrazone groups is 1. The number of anilines is 1. The van der Waals surface area contributed by atoms with Crippen molar-refractivity contribution in [1.82, 2.24) is 5.32 Å². The number of nitrogens with zero attached hydrogens (tertiary/aromatic N) is 2. The van der Waals surface area contributed by atoms with Crippen LogP contribution in [0.1, 0.15) is 0 Å². The molecule has 0 atom stereocenters. The number of carbonyl (C=O) groups excluding carboxylic acids is 1. The fourth-order valence-electron chi connectivity index (χ4n) is 1.47. The van der Waals surface area contributed by atoms with E-state index in [2.05, 4.69) is 36.8 Å². The Morgan fingerprint density at radius 3 is 2.68 bits per heavy atom. The Morgan fingerprint density at radius 1 is 1.36 bits per heavy atom. The molecule has 0 aromatic heterocycles. The molecule has 0 aliphatic carbocycles. The molecule has 1 rings (SSSR count). The zero-order valence-electron chi connectivity index (χ0n) is 11.8. The normalized spacial score (nSPS) is 12.3. The van der Waals surface area contributed by atoms with Crippen LogP contribution in [-0.4, -0.2) is 31.2 Å². The minimum absolute atomic E-state index is 0.00565. The zero-order valence-corrected chi connectivity index (χ0v) is 13.4. The summed E-state index contributed by atoms with van der Waals surface area (Å²) in [5, 5.41) is 13.3. The number of amidine groups is 1. The lowest BCUT2D eigenvalue weighted by Crippen LogP contribution is -2.27. The highest BCUT2D eigenvalue weighted by Crippen LogP contribution is 2.25. The zero-order chi connectivity index (χ0) is 16.5. The number of aliphatic imine (C=N–C) groups is 1. The van der Waals surface area contributed by atoms with Gasteiger partial charge in [-0.3, -0.25) is 10.2 Å². The van der Waals surface area contributed by atoms with Gasteiger partial charge in [-0.25, -0.2) is 4.99 Å². The smallest absolute Gasteiger partial charge is 0.253 e. The van der Waals surface area contributed by atoms with Crippen molar-refractivity contribution in [1.29, 1.82) is 5.41 Å². The third kappa shape index (κ3) is 5.37. The van der Waals surface area contributed by atoms with E-state index in [1.165, 1.54) is 12.4 Å². The van der Waals surface area contributed by atoms with Crippen molar-refractivity contribution >= 4 is 51.5 Å². The predicted octanol–water partition coefficient (Wildman–Crippen LogP) is 1.07. The van der Waals surface area contributed by atoms with E-state index < -0.39 is 5.91 Å². The summed E-state index contributed by atoms with van der Waals surface area (Å²) >= 11 is 3.34. The molecule has 0 heterocycles. The molecule has 9 heteroatoms. The maximum Gasteiger partial charge on any atom is 0.253 e. The number of carbonyl (C=O) groups is 1. The van der Waals surface area contributed by atoms with Crippen LogP contribution in [0, 0.1) is 5.41 Å². The second kappa shape index (κ2) is 8.57. The third-order valence-corrected chi connectivity index (χ3v) is 2.76. The van der Waals surface area contributed by atoms with Crippen LogP contribution in [-0.2, 0) is 4.79 Å². The first-order valence-corrected chi connectivity index (χ1v) is 6.87.